The van der Waals surface area contributed by atoms with E-state index in [2.05, 4.69) is 0 Å². The monoisotopic (exact) mass is 691 g/mol. The third-order valence-corrected chi connectivity index (χ3v) is 7.45. The zero-order chi connectivity index (χ0) is 36.4. The van der Waals surface area contributed by atoms with E-state index in [1.165, 1.54) is 0 Å². The quantitative estimate of drug-likeness (QED) is 0.0649. The first-order chi connectivity index (χ1) is 22.7. The maximum atomic E-state index is 12.7. The molecule has 13 heteroatoms. The first-order valence-corrected chi connectivity index (χ1v) is 17.7. The van der Waals surface area contributed by atoms with E-state index in [0.29, 0.717) is 39.5 Å². The Morgan fingerprint density at radius 1 is 0.521 bits per heavy atom. The van der Waals surface area contributed by atoms with E-state index in [-0.39, 0.29) is 57.4 Å². The highest BCUT2D eigenvalue weighted by molar-refractivity contribution is 5.70. The van der Waals surface area contributed by atoms with Crippen LogP contribution in [0.25, 0.3) is 0 Å². The highest BCUT2D eigenvalue weighted by atomic mass is 16.6. The lowest BCUT2D eigenvalue weighted by Gasteiger charge is -2.30. The molecule has 0 aliphatic heterocycles. The lowest BCUT2D eigenvalue weighted by atomic mass is 9.92. The van der Waals surface area contributed by atoms with Crippen LogP contribution in [0.4, 0.5) is 0 Å². The second kappa shape index (κ2) is 27.9. The number of rotatable bonds is 31. The van der Waals surface area contributed by atoms with Crippen molar-refractivity contribution in [3.8, 4) is 0 Å². The molecular weight excluding hydrogens is 622 g/mol. The molecule has 0 saturated heterocycles. The average Bonchev–Trinajstić information content (AvgIpc) is 3.03. The Morgan fingerprint density at radius 3 is 1.02 bits per heavy atom. The van der Waals surface area contributed by atoms with Crippen molar-refractivity contribution < 1.29 is 47.9 Å². The van der Waals surface area contributed by atoms with Gasteiger partial charge in [0.15, 0.2) is 0 Å². The van der Waals surface area contributed by atoms with E-state index in [4.69, 9.17) is 28.4 Å². The number of carbonyl (C=O) groups is 3. The fourth-order valence-corrected chi connectivity index (χ4v) is 4.32. The van der Waals surface area contributed by atoms with Crippen molar-refractivity contribution in [1.29, 1.82) is 0 Å². The number of ether oxygens (including phenoxy) is 6. The van der Waals surface area contributed by atoms with Crippen molar-refractivity contribution in [3.05, 3.63) is 0 Å². The van der Waals surface area contributed by atoms with Crippen LogP contribution >= 0.6 is 0 Å². The highest BCUT2D eigenvalue weighted by Crippen LogP contribution is 2.20. The molecule has 0 saturated carbocycles. The highest BCUT2D eigenvalue weighted by Gasteiger charge is 2.35. The van der Waals surface area contributed by atoms with Gasteiger partial charge in [0.05, 0.1) is 49.6 Å². The molecule has 0 aromatic carbocycles. The van der Waals surface area contributed by atoms with Crippen LogP contribution in [0.2, 0.25) is 0 Å². The minimum atomic E-state index is -1.29. The lowest BCUT2D eigenvalue weighted by molar-refractivity contribution is -0.165. The molecule has 0 fully saturated rings. The SMILES string of the molecule is CC(C)OCCCN(C)CCC(=O)OCC(CO)(COC(=O)CCN(C)CCCOC(C)C)COC(=O)CCN(C)CCCOC(C)C. The van der Waals surface area contributed by atoms with E-state index in [0.717, 1.165) is 38.9 Å². The molecule has 284 valence electrons. The van der Waals surface area contributed by atoms with Gasteiger partial charge in [-0.15, -0.1) is 0 Å². The summed E-state index contributed by atoms with van der Waals surface area (Å²) in [6, 6.07) is 0. The van der Waals surface area contributed by atoms with Gasteiger partial charge in [0, 0.05) is 59.1 Å². The molecule has 0 atom stereocenters. The molecule has 0 radical (unpaired) electrons. The second-order valence-electron chi connectivity index (χ2n) is 13.6. The van der Waals surface area contributed by atoms with Crippen LogP contribution in [0.5, 0.6) is 0 Å². The fraction of sp³-hybridized carbons (Fsp3) is 0.914. The molecule has 13 nitrogen and oxygen atoms in total. The van der Waals surface area contributed by atoms with Gasteiger partial charge in [-0.1, -0.05) is 0 Å². The molecule has 48 heavy (non-hydrogen) atoms. The maximum absolute atomic E-state index is 12.7. The first kappa shape index (κ1) is 46.1. The largest absolute Gasteiger partial charge is 0.465 e. The van der Waals surface area contributed by atoms with Gasteiger partial charge in [0.25, 0.3) is 0 Å². The first-order valence-electron chi connectivity index (χ1n) is 17.7. The van der Waals surface area contributed by atoms with Gasteiger partial charge in [-0.05, 0) is 81.9 Å². The third kappa shape index (κ3) is 27.0. The summed E-state index contributed by atoms with van der Waals surface area (Å²) in [5, 5.41) is 10.4. The van der Waals surface area contributed by atoms with Crippen LogP contribution in [0.3, 0.4) is 0 Å². The van der Waals surface area contributed by atoms with E-state index in [9.17, 15) is 19.5 Å². The van der Waals surface area contributed by atoms with Crippen molar-refractivity contribution in [2.75, 3.05) is 107 Å². The van der Waals surface area contributed by atoms with Crippen LogP contribution in [0, 0.1) is 5.41 Å². The van der Waals surface area contributed by atoms with E-state index in [1.807, 2.05) is 77.4 Å². The van der Waals surface area contributed by atoms with Gasteiger partial charge in [-0.2, -0.15) is 0 Å². The summed E-state index contributed by atoms with van der Waals surface area (Å²) in [4.78, 5) is 44.0. The Balaban J connectivity index is 5.01. The molecule has 0 bridgehead atoms. The summed E-state index contributed by atoms with van der Waals surface area (Å²) in [5.74, 6) is -1.37. The number of aliphatic hydroxyl groups is 1. The number of esters is 3. The van der Waals surface area contributed by atoms with E-state index >= 15 is 0 Å². The molecule has 0 amide bonds. The summed E-state index contributed by atoms with van der Waals surface area (Å²) in [7, 11) is 5.77. The second-order valence-corrected chi connectivity index (χ2v) is 13.6. The summed E-state index contributed by atoms with van der Waals surface area (Å²) < 4.78 is 33.3. The zero-order valence-corrected chi connectivity index (χ0v) is 31.6. The van der Waals surface area contributed by atoms with Crippen LogP contribution in [0.15, 0.2) is 0 Å². The fourth-order valence-electron chi connectivity index (χ4n) is 4.32. The minimum absolute atomic E-state index is 0.145. The van der Waals surface area contributed by atoms with Gasteiger partial charge in [-0.25, -0.2) is 0 Å². The molecule has 1 N–H and O–H groups in total. The van der Waals surface area contributed by atoms with Gasteiger partial charge >= 0.3 is 17.9 Å². The Hall–Kier alpha value is -1.87. The molecule has 0 heterocycles. The van der Waals surface area contributed by atoms with E-state index < -0.39 is 29.9 Å². The maximum Gasteiger partial charge on any atom is 0.307 e. The van der Waals surface area contributed by atoms with Gasteiger partial charge < -0.3 is 48.2 Å². The average molecular weight is 692 g/mol. The lowest BCUT2D eigenvalue weighted by Crippen LogP contribution is -2.43. The molecule has 0 rings (SSSR count). The summed E-state index contributed by atoms with van der Waals surface area (Å²) in [6.07, 6.45) is 3.51. The topological polar surface area (TPSA) is 137 Å². The van der Waals surface area contributed by atoms with Gasteiger partial charge in [-0.3, -0.25) is 14.4 Å². The predicted octanol–water partition coefficient (Wildman–Crippen LogP) is 3.01. The van der Waals surface area contributed by atoms with Crippen molar-refractivity contribution in [2.45, 2.75) is 98.4 Å². The van der Waals surface area contributed by atoms with Crippen LogP contribution in [-0.2, 0) is 42.8 Å². The smallest absolute Gasteiger partial charge is 0.307 e. The number of carbonyl (C=O) groups excluding carboxylic acids is 3. The number of hydrogen-bond donors (Lipinski definition) is 1. The van der Waals surface area contributed by atoms with Crippen molar-refractivity contribution in [3.63, 3.8) is 0 Å². The number of aliphatic hydroxyl groups excluding tert-OH is 1. The molecule has 0 aromatic heterocycles. The molecule has 0 aromatic rings. The Morgan fingerprint density at radius 2 is 0.792 bits per heavy atom. The van der Waals surface area contributed by atoms with Crippen LogP contribution in [-0.4, -0.2) is 163 Å². The van der Waals surface area contributed by atoms with Gasteiger partial charge in [0.2, 0.25) is 0 Å². The Labute approximate surface area is 290 Å². The summed E-state index contributed by atoms with van der Waals surface area (Å²) in [5.41, 5.74) is -1.29. The molecule has 0 unspecified atom stereocenters. The molecular formula is C35H69N3O10. The molecule has 0 spiro atoms. The van der Waals surface area contributed by atoms with Crippen molar-refractivity contribution >= 4 is 17.9 Å². The molecule has 0 aliphatic carbocycles. The third-order valence-electron chi connectivity index (χ3n) is 7.45. The predicted molar refractivity (Wildman–Crippen MR) is 186 cm³/mol. The van der Waals surface area contributed by atoms with E-state index in [1.54, 1.807) is 0 Å². The van der Waals surface area contributed by atoms with Crippen molar-refractivity contribution in [2.24, 2.45) is 5.41 Å². The normalized spacial score (nSPS) is 12.2. The Kier molecular flexibility index (Phi) is 26.8. The summed E-state index contributed by atoms with van der Waals surface area (Å²) in [6.45, 7) is 16.4. The molecule has 0 aliphatic rings. The van der Waals surface area contributed by atoms with Gasteiger partial charge in [0.1, 0.15) is 19.8 Å². The summed E-state index contributed by atoms with van der Waals surface area (Å²) >= 11 is 0. The standard InChI is InChI=1S/C35H69N3O10/c1-29(2)43-22-10-16-36(7)19-13-32(40)46-26-35(25-39,27-47-33(41)14-20-37(8)17-11-23-44-30(3)4)28-48-34(42)15-21-38(9)18-12-24-45-31(5)6/h29-31,39H,10-28H2,1-9H3. The van der Waals surface area contributed by atoms with Crippen LogP contribution in [0.1, 0.15) is 80.1 Å². The zero-order valence-electron chi connectivity index (χ0n) is 31.6. The number of hydrogen-bond acceptors (Lipinski definition) is 13. The minimum Gasteiger partial charge on any atom is -0.465 e. The van der Waals surface area contributed by atoms with Crippen LogP contribution < -0.4 is 0 Å². The Bertz CT molecular complexity index is 741. The number of nitrogens with zero attached hydrogens (tertiary/aromatic N) is 3. The van der Waals surface area contributed by atoms with Crippen molar-refractivity contribution in [1.82, 2.24) is 14.7 Å².